The van der Waals surface area contributed by atoms with Crippen molar-refractivity contribution in [2.75, 3.05) is 20.8 Å². The Morgan fingerprint density at radius 2 is 1.65 bits per heavy atom. The van der Waals surface area contributed by atoms with Crippen molar-refractivity contribution in [2.24, 2.45) is 0 Å². The molecule has 0 saturated carbocycles. The van der Waals surface area contributed by atoms with Gasteiger partial charge in [0.15, 0.2) is 6.29 Å². The molecule has 0 spiro atoms. The molecular formula is C42H45ClF3N5O6. The molecule has 2 aromatic heterocycles. The van der Waals surface area contributed by atoms with E-state index in [1.54, 1.807) is 7.11 Å². The van der Waals surface area contributed by atoms with Crippen molar-refractivity contribution in [1.29, 1.82) is 0 Å². The first-order valence-electron chi connectivity index (χ1n) is 19.3. The lowest BCUT2D eigenvalue weighted by molar-refractivity contribution is -0.141. The van der Waals surface area contributed by atoms with Gasteiger partial charge in [0, 0.05) is 60.4 Å². The summed E-state index contributed by atoms with van der Waals surface area (Å²) in [6.07, 6.45) is -2.24. The Labute approximate surface area is 333 Å². The molecule has 1 amide bonds. The molecule has 8 rings (SSSR count). The number of amides is 1. The summed E-state index contributed by atoms with van der Waals surface area (Å²) in [7, 11) is 2.91. The number of nitrogens with zero attached hydrogens (tertiary/aromatic N) is 3. The first-order chi connectivity index (χ1) is 27.4. The third-order valence-corrected chi connectivity index (χ3v) is 12.5. The lowest BCUT2D eigenvalue weighted by Crippen LogP contribution is -2.50. The van der Waals surface area contributed by atoms with Crippen LogP contribution in [0.3, 0.4) is 0 Å². The molecule has 3 fully saturated rings. The van der Waals surface area contributed by atoms with Gasteiger partial charge < -0.3 is 35.1 Å². The first kappa shape index (κ1) is 39.4. The maximum Gasteiger partial charge on any atom is 0.421 e. The fraction of sp³-hybridized carbons (Fsp3) is 0.452. The van der Waals surface area contributed by atoms with Crippen molar-refractivity contribution in [3.8, 4) is 40.0 Å². The molecule has 1 aliphatic carbocycles. The molecule has 57 heavy (non-hydrogen) atoms. The summed E-state index contributed by atoms with van der Waals surface area (Å²) < 4.78 is 61.5. The van der Waals surface area contributed by atoms with Crippen molar-refractivity contribution < 1.29 is 42.4 Å². The Bertz CT molecular complexity index is 2160. The normalized spacial score (nSPS) is 23.0. The van der Waals surface area contributed by atoms with Gasteiger partial charge in [0.05, 0.1) is 30.5 Å². The van der Waals surface area contributed by atoms with Crippen LogP contribution in [0.2, 0.25) is 5.02 Å². The summed E-state index contributed by atoms with van der Waals surface area (Å²) in [5.41, 5.74) is 3.69. The van der Waals surface area contributed by atoms with E-state index in [9.17, 15) is 28.2 Å². The second kappa shape index (κ2) is 15.7. The molecule has 5 heterocycles. The smallest absolute Gasteiger partial charge is 0.421 e. The van der Waals surface area contributed by atoms with Gasteiger partial charge >= 0.3 is 6.18 Å². The standard InChI is InChI=1S/C42H45ClF3N5O6/c1-55-37-23(20-47-21-25-10-14-35(52)48-25)9-12-33(49-37)31-8-4-7-30(36(31)43)27-5-3-6-29-28(27)11-13-34(29)57-39-32(42(44,45)46)19-24(38(50-39)56-2)22-51-26-15-17-41(51,18-16-26)40(53)54/h3-9,12,19,25-26,34,40,47,53-54H,10-11,13-18,20-22H2,1-2H3,(H,48,52)/t25-,26?,34-,41?/m0/s1. The minimum absolute atomic E-state index is 0.00366. The summed E-state index contributed by atoms with van der Waals surface area (Å²) >= 11 is 7.14. The topological polar surface area (TPSA) is 138 Å². The summed E-state index contributed by atoms with van der Waals surface area (Å²) in [6, 6.07) is 16.3. The van der Waals surface area contributed by atoms with Gasteiger partial charge in [-0.05, 0) is 73.8 Å². The van der Waals surface area contributed by atoms with Crippen LogP contribution in [0.15, 0.2) is 54.6 Å². The minimum atomic E-state index is -4.78. The average Bonchev–Trinajstić information content (AvgIpc) is 3.98. The van der Waals surface area contributed by atoms with Crippen LogP contribution in [0.4, 0.5) is 13.2 Å². The van der Waals surface area contributed by atoms with E-state index in [0.29, 0.717) is 67.4 Å². The SMILES string of the molecule is COc1nc(-c2cccc(-c3cccc4c3CC[C@@H]4Oc3nc(OC)c(CN4C5CCC4(C(O)O)CC5)cc3C(F)(F)F)c2Cl)ccc1CNC[C@@H]1CCC(=O)N1. The number of carbonyl (C=O) groups is 1. The maximum absolute atomic E-state index is 14.7. The molecular weight excluding hydrogens is 763 g/mol. The van der Waals surface area contributed by atoms with Crippen LogP contribution in [0.1, 0.15) is 78.9 Å². The fourth-order valence-corrected chi connectivity index (χ4v) is 9.58. The number of carbonyl (C=O) groups excluding carboxylic acids is 1. The highest BCUT2D eigenvalue weighted by atomic mass is 35.5. The molecule has 4 aromatic rings. The van der Waals surface area contributed by atoms with Gasteiger partial charge in [0.2, 0.25) is 23.5 Å². The van der Waals surface area contributed by atoms with Crippen molar-refractivity contribution in [3.63, 3.8) is 0 Å². The van der Waals surface area contributed by atoms with E-state index < -0.39 is 35.6 Å². The van der Waals surface area contributed by atoms with E-state index in [0.717, 1.165) is 53.1 Å². The number of rotatable bonds is 13. The third kappa shape index (κ3) is 7.42. The monoisotopic (exact) mass is 807 g/mol. The van der Waals surface area contributed by atoms with Crippen molar-refractivity contribution in [1.82, 2.24) is 25.5 Å². The Balaban J connectivity index is 1.04. The van der Waals surface area contributed by atoms with E-state index in [2.05, 4.69) is 15.6 Å². The molecule has 0 radical (unpaired) electrons. The second-order valence-electron chi connectivity index (χ2n) is 15.3. The molecule has 3 aliphatic heterocycles. The highest BCUT2D eigenvalue weighted by molar-refractivity contribution is 6.36. The van der Waals surface area contributed by atoms with Crippen LogP contribution in [0.25, 0.3) is 22.4 Å². The van der Waals surface area contributed by atoms with Crippen LogP contribution in [0, 0.1) is 0 Å². The number of aromatic nitrogens is 2. The fourth-order valence-electron chi connectivity index (χ4n) is 9.25. The quantitative estimate of drug-likeness (QED) is 0.108. The molecule has 2 bridgehead atoms. The molecule has 0 unspecified atom stereocenters. The van der Waals surface area contributed by atoms with Gasteiger partial charge in [-0.3, -0.25) is 9.69 Å². The molecule has 302 valence electrons. The van der Waals surface area contributed by atoms with Crippen molar-refractivity contribution >= 4 is 17.5 Å². The maximum atomic E-state index is 14.7. The van der Waals surface area contributed by atoms with Gasteiger partial charge in [-0.15, -0.1) is 0 Å². The van der Waals surface area contributed by atoms with Gasteiger partial charge in [0.1, 0.15) is 11.7 Å². The number of methoxy groups -OCH3 is 2. The number of benzene rings is 2. The zero-order chi connectivity index (χ0) is 40.1. The molecule has 4 N–H and O–H groups in total. The predicted octanol–water partition coefficient (Wildman–Crippen LogP) is 6.74. The zero-order valence-corrected chi connectivity index (χ0v) is 32.4. The van der Waals surface area contributed by atoms with Crippen LogP contribution in [-0.2, 0) is 30.5 Å². The third-order valence-electron chi connectivity index (χ3n) is 12.1. The predicted molar refractivity (Wildman–Crippen MR) is 206 cm³/mol. The number of hydrogen-bond acceptors (Lipinski definition) is 10. The number of aliphatic hydroxyl groups is 2. The summed E-state index contributed by atoms with van der Waals surface area (Å²) in [5, 5.41) is 27.3. The number of pyridine rings is 2. The number of fused-ring (bicyclic) bond motifs is 3. The zero-order valence-electron chi connectivity index (χ0n) is 31.7. The van der Waals surface area contributed by atoms with Crippen LogP contribution >= 0.6 is 11.6 Å². The van der Waals surface area contributed by atoms with Crippen molar-refractivity contribution in [2.45, 2.75) is 101 Å². The highest BCUT2D eigenvalue weighted by Crippen LogP contribution is 2.50. The second-order valence-corrected chi connectivity index (χ2v) is 15.7. The molecule has 3 saturated heterocycles. The van der Waals surface area contributed by atoms with Crippen LogP contribution in [0.5, 0.6) is 17.6 Å². The minimum Gasteiger partial charge on any atom is -0.481 e. The number of alkyl halides is 3. The number of hydrogen-bond donors (Lipinski definition) is 4. The summed E-state index contributed by atoms with van der Waals surface area (Å²) in [6.45, 7) is 1.17. The molecule has 2 atom stereocenters. The van der Waals surface area contributed by atoms with Crippen LogP contribution in [-0.4, -0.2) is 75.7 Å². The summed E-state index contributed by atoms with van der Waals surface area (Å²) in [5.74, 6) is -0.0589. The first-order valence-corrected chi connectivity index (χ1v) is 19.7. The van der Waals surface area contributed by atoms with Gasteiger partial charge in [-0.2, -0.15) is 18.2 Å². The number of ether oxygens (including phenoxy) is 3. The van der Waals surface area contributed by atoms with Gasteiger partial charge in [-0.1, -0.05) is 54.1 Å². The largest absolute Gasteiger partial charge is 0.481 e. The summed E-state index contributed by atoms with van der Waals surface area (Å²) in [4.78, 5) is 22.5. The number of nitrogens with one attached hydrogen (secondary N) is 2. The lowest BCUT2D eigenvalue weighted by Gasteiger charge is -2.36. The molecule has 2 aromatic carbocycles. The molecule has 4 aliphatic rings. The van der Waals surface area contributed by atoms with Gasteiger partial charge in [-0.25, -0.2) is 4.98 Å². The van der Waals surface area contributed by atoms with E-state index in [1.807, 2.05) is 53.4 Å². The van der Waals surface area contributed by atoms with Gasteiger partial charge in [0.25, 0.3) is 0 Å². The number of halogens is 4. The van der Waals surface area contributed by atoms with Crippen LogP contribution < -0.4 is 24.8 Å². The van der Waals surface area contributed by atoms with E-state index in [-0.39, 0.29) is 36.0 Å². The molecule has 11 nitrogen and oxygen atoms in total. The Morgan fingerprint density at radius 3 is 2.35 bits per heavy atom. The Hall–Kier alpha value is -4.47. The average molecular weight is 808 g/mol. The highest BCUT2D eigenvalue weighted by Gasteiger charge is 2.55. The lowest BCUT2D eigenvalue weighted by atomic mass is 9.87. The Kier molecular flexibility index (Phi) is 10.8. The van der Waals surface area contributed by atoms with Crippen molar-refractivity contribution in [3.05, 3.63) is 87.4 Å². The number of aliphatic hydroxyl groups excluding tert-OH is 1. The Morgan fingerprint density at radius 1 is 0.930 bits per heavy atom. The molecule has 15 heteroatoms. The van der Waals surface area contributed by atoms with E-state index in [4.69, 9.17) is 30.8 Å². The van der Waals surface area contributed by atoms with E-state index in [1.165, 1.54) is 7.11 Å². The van der Waals surface area contributed by atoms with E-state index >= 15 is 0 Å².